The van der Waals surface area contributed by atoms with E-state index in [1.807, 2.05) is 31.7 Å². The van der Waals surface area contributed by atoms with Gasteiger partial charge in [-0.25, -0.2) is 9.48 Å². The van der Waals surface area contributed by atoms with E-state index >= 15 is 0 Å². The van der Waals surface area contributed by atoms with Gasteiger partial charge in [0.05, 0.1) is 11.7 Å². The summed E-state index contributed by atoms with van der Waals surface area (Å²) in [4.78, 5) is 14.5. The van der Waals surface area contributed by atoms with Crippen molar-refractivity contribution in [1.82, 2.24) is 14.7 Å². The van der Waals surface area contributed by atoms with E-state index in [9.17, 15) is 4.79 Å². The third kappa shape index (κ3) is 6.84. The molecule has 0 saturated carbocycles. The molecule has 7 nitrogen and oxygen atoms in total. The van der Waals surface area contributed by atoms with Gasteiger partial charge in [0.25, 0.3) is 0 Å². The van der Waals surface area contributed by atoms with Gasteiger partial charge >= 0.3 is 6.09 Å². The SMILES string of the molecule is CC(C)(C)OC(=O)N1CCCCC1c1cc(N)nn1COCC[Si](C)(C)C. The third-order valence-corrected chi connectivity index (χ3v) is 6.22. The summed E-state index contributed by atoms with van der Waals surface area (Å²) in [6.45, 7) is 14.4. The molecule has 2 rings (SSSR count). The standard InChI is InChI=1S/C19H36N4O3Si/c1-19(2,3)26-18(24)22-10-8-7-9-15(22)16-13-17(20)21-23(16)14-25-11-12-27(4,5)6/h13,15H,7-12,14H2,1-6H3,(H2,20,21). The normalized spacial score (nSPS) is 18.6. The van der Waals surface area contributed by atoms with Crippen molar-refractivity contribution < 1.29 is 14.3 Å². The molecule has 1 fully saturated rings. The van der Waals surface area contributed by atoms with Crippen LogP contribution in [0.25, 0.3) is 0 Å². The molecule has 0 spiro atoms. The summed E-state index contributed by atoms with van der Waals surface area (Å²) < 4.78 is 13.3. The molecule has 0 radical (unpaired) electrons. The van der Waals surface area contributed by atoms with Gasteiger partial charge in [0.1, 0.15) is 18.1 Å². The first-order valence-electron chi connectivity index (χ1n) is 9.87. The Balaban J connectivity index is 2.11. The minimum Gasteiger partial charge on any atom is -0.444 e. The summed E-state index contributed by atoms with van der Waals surface area (Å²) in [6, 6.07) is 2.88. The maximum absolute atomic E-state index is 12.7. The molecule has 0 aromatic carbocycles. The maximum Gasteiger partial charge on any atom is 0.410 e. The van der Waals surface area contributed by atoms with Crippen molar-refractivity contribution in [2.45, 2.75) is 84.1 Å². The quantitative estimate of drug-likeness (QED) is 0.574. The molecule has 0 aliphatic carbocycles. The van der Waals surface area contributed by atoms with E-state index in [0.29, 0.717) is 19.1 Å². The lowest BCUT2D eigenvalue weighted by molar-refractivity contribution is 0.00661. The van der Waals surface area contributed by atoms with E-state index in [-0.39, 0.29) is 12.1 Å². The number of nitrogens with two attached hydrogens (primary N) is 1. The molecular formula is C19H36N4O3Si. The molecule has 2 N–H and O–H groups in total. The smallest absolute Gasteiger partial charge is 0.410 e. The zero-order valence-corrected chi connectivity index (χ0v) is 18.7. The second-order valence-corrected chi connectivity index (χ2v) is 15.1. The lowest BCUT2D eigenvalue weighted by atomic mass is 9.99. The Morgan fingerprint density at radius 1 is 1.33 bits per heavy atom. The van der Waals surface area contributed by atoms with Crippen molar-refractivity contribution in [2.24, 2.45) is 0 Å². The van der Waals surface area contributed by atoms with Gasteiger partial charge in [-0.3, -0.25) is 4.90 Å². The van der Waals surface area contributed by atoms with Crippen LogP contribution in [-0.4, -0.2) is 47.6 Å². The predicted molar refractivity (Wildman–Crippen MR) is 110 cm³/mol. The summed E-state index contributed by atoms with van der Waals surface area (Å²) in [5, 5.41) is 4.39. The summed E-state index contributed by atoms with van der Waals surface area (Å²) in [6.07, 6.45) is 2.63. The average Bonchev–Trinajstić information content (AvgIpc) is 2.90. The lowest BCUT2D eigenvalue weighted by Gasteiger charge is -2.36. The monoisotopic (exact) mass is 396 g/mol. The highest BCUT2D eigenvalue weighted by Gasteiger charge is 2.33. The van der Waals surface area contributed by atoms with Gasteiger partial charge in [-0.2, -0.15) is 5.10 Å². The second-order valence-electron chi connectivity index (χ2n) is 9.53. The van der Waals surface area contributed by atoms with E-state index < -0.39 is 13.7 Å². The predicted octanol–water partition coefficient (Wildman–Crippen LogP) is 4.24. The van der Waals surface area contributed by atoms with Crippen LogP contribution in [0.4, 0.5) is 10.6 Å². The number of anilines is 1. The number of carbonyl (C=O) groups excluding carboxylic acids is 1. The molecule has 1 saturated heterocycles. The summed E-state index contributed by atoms with van der Waals surface area (Å²) in [7, 11) is -1.13. The molecule has 1 aromatic heterocycles. The lowest BCUT2D eigenvalue weighted by Crippen LogP contribution is -2.42. The Morgan fingerprint density at radius 2 is 2.04 bits per heavy atom. The number of carbonyl (C=O) groups is 1. The Morgan fingerprint density at radius 3 is 2.67 bits per heavy atom. The van der Waals surface area contributed by atoms with Crippen LogP contribution in [0.1, 0.15) is 51.8 Å². The van der Waals surface area contributed by atoms with Crippen LogP contribution in [0, 0.1) is 0 Å². The molecule has 1 aliphatic heterocycles. The number of amides is 1. The van der Waals surface area contributed by atoms with E-state index in [2.05, 4.69) is 24.7 Å². The fourth-order valence-corrected chi connectivity index (χ4v) is 3.89. The highest BCUT2D eigenvalue weighted by atomic mass is 28.3. The van der Waals surface area contributed by atoms with Gasteiger partial charge in [0.15, 0.2) is 0 Å². The Labute approximate surface area is 164 Å². The van der Waals surface area contributed by atoms with Crippen molar-refractivity contribution in [3.63, 3.8) is 0 Å². The molecule has 1 aromatic rings. The van der Waals surface area contributed by atoms with Gasteiger partial charge in [-0.1, -0.05) is 19.6 Å². The summed E-state index contributed by atoms with van der Waals surface area (Å²) >= 11 is 0. The van der Waals surface area contributed by atoms with Crippen molar-refractivity contribution in [3.05, 3.63) is 11.8 Å². The molecule has 8 heteroatoms. The second kappa shape index (κ2) is 8.64. The van der Waals surface area contributed by atoms with Crippen LogP contribution in [0.2, 0.25) is 25.7 Å². The van der Waals surface area contributed by atoms with E-state index in [1.165, 1.54) is 0 Å². The zero-order chi connectivity index (χ0) is 20.2. The molecule has 1 aliphatic rings. The number of ether oxygens (including phenoxy) is 2. The van der Waals surface area contributed by atoms with Crippen LogP contribution in [-0.2, 0) is 16.2 Å². The Hall–Kier alpha value is -1.54. The van der Waals surface area contributed by atoms with Crippen LogP contribution in [0.15, 0.2) is 6.07 Å². The van der Waals surface area contributed by atoms with Gasteiger partial charge in [0.2, 0.25) is 0 Å². The summed E-state index contributed by atoms with van der Waals surface area (Å²) in [5.41, 5.74) is 6.37. The molecule has 1 unspecified atom stereocenters. The molecular weight excluding hydrogens is 360 g/mol. The number of nitrogen functional groups attached to an aromatic ring is 1. The first-order valence-corrected chi connectivity index (χ1v) is 13.6. The van der Waals surface area contributed by atoms with Crippen molar-refractivity contribution in [2.75, 3.05) is 18.9 Å². The minimum absolute atomic E-state index is 0.0843. The largest absolute Gasteiger partial charge is 0.444 e. The van der Waals surface area contributed by atoms with Crippen LogP contribution >= 0.6 is 0 Å². The molecule has 1 amide bonds. The molecule has 27 heavy (non-hydrogen) atoms. The third-order valence-electron chi connectivity index (χ3n) is 4.51. The Bertz CT molecular complexity index is 634. The topological polar surface area (TPSA) is 82.6 Å². The molecule has 2 heterocycles. The van der Waals surface area contributed by atoms with Crippen molar-refractivity contribution in [1.29, 1.82) is 0 Å². The van der Waals surface area contributed by atoms with Crippen molar-refractivity contribution in [3.8, 4) is 0 Å². The van der Waals surface area contributed by atoms with Crippen LogP contribution < -0.4 is 5.73 Å². The van der Waals surface area contributed by atoms with Gasteiger partial charge in [-0.15, -0.1) is 0 Å². The van der Waals surface area contributed by atoms with Crippen molar-refractivity contribution >= 4 is 20.0 Å². The van der Waals surface area contributed by atoms with Crippen LogP contribution in [0.5, 0.6) is 0 Å². The zero-order valence-electron chi connectivity index (χ0n) is 17.7. The van der Waals surface area contributed by atoms with E-state index in [4.69, 9.17) is 15.2 Å². The van der Waals surface area contributed by atoms with E-state index in [1.54, 1.807) is 4.68 Å². The average molecular weight is 397 g/mol. The fraction of sp³-hybridized carbons (Fsp3) is 0.789. The maximum atomic E-state index is 12.7. The summed E-state index contributed by atoms with van der Waals surface area (Å²) in [5.74, 6) is 0.452. The van der Waals surface area contributed by atoms with Crippen LogP contribution in [0.3, 0.4) is 0 Å². The fourth-order valence-electron chi connectivity index (χ4n) is 3.13. The number of hydrogen-bond donors (Lipinski definition) is 1. The number of nitrogens with zero attached hydrogens (tertiary/aromatic N) is 3. The first kappa shape index (κ1) is 21.8. The van der Waals surface area contributed by atoms with Gasteiger partial charge in [-0.05, 0) is 46.1 Å². The number of aromatic nitrogens is 2. The van der Waals surface area contributed by atoms with Gasteiger partial charge in [0, 0.05) is 27.3 Å². The highest BCUT2D eigenvalue weighted by Crippen LogP contribution is 2.33. The number of piperidine rings is 1. The number of rotatable bonds is 6. The van der Waals surface area contributed by atoms with E-state index in [0.717, 1.165) is 37.6 Å². The number of likely N-dealkylation sites (tertiary alicyclic amines) is 1. The first-order chi connectivity index (χ1) is 12.5. The number of hydrogen-bond acceptors (Lipinski definition) is 5. The molecule has 1 atom stereocenters. The Kier molecular flexibility index (Phi) is 6.96. The van der Waals surface area contributed by atoms with Gasteiger partial charge < -0.3 is 15.2 Å². The minimum atomic E-state index is -1.13. The molecule has 154 valence electrons. The molecule has 0 bridgehead atoms. The highest BCUT2D eigenvalue weighted by molar-refractivity contribution is 6.76.